The Bertz CT molecular complexity index is 260. The van der Waals surface area contributed by atoms with Gasteiger partial charge in [-0.15, -0.1) is 0 Å². The van der Waals surface area contributed by atoms with Crippen molar-refractivity contribution in [1.82, 2.24) is 0 Å². The van der Waals surface area contributed by atoms with Gasteiger partial charge < -0.3 is 0 Å². The fraction of sp³-hybridized carbons (Fsp3) is 0.583. The molecule has 0 bridgehead atoms. The summed E-state index contributed by atoms with van der Waals surface area (Å²) in [6, 6.07) is 0. The molecule has 1 unspecified atom stereocenters. The fourth-order valence-electron chi connectivity index (χ4n) is 2.36. The molecule has 2 aliphatic carbocycles. The molecular weight excluding hydrogens is 160 g/mol. The Morgan fingerprint density at radius 3 is 3.08 bits per heavy atom. The average Bonchev–Trinajstić information content (AvgIpc) is 2.11. The summed E-state index contributed by atoms with van der Waals surface area (Å²) in [7, 11) is 0. The van der Waals surface area contributed by atoms with Crippen molar-refractivity contribution >= 4 is 5.78 Å². The molecule has 0 N–H and O–H groups in total. The van der Waals surface area contributed by atoms with E-state index in [4.69, 9.17) is 0 Å². The first-order chi connectivity index (χ1) is 6.36. The molecule has 1 atom stereocenters. The summed E-state index contributed by atoms with van der Waals surface area (Å²) in [6.07, 6.45) is 13.0. The maximum atomic E-state index is 11.3. The molecule has 2 rings (SSSR count). The van der Waals surface area contributed by atoms with Crippen LogP contribution in [-0.4, -0.2) is 5.78 Å². The number of rotatable bonds is 0. The van der Waals surface area contributed by atoms with E-state index in [1.54, 1.807) is 6.08 Å². The summed E-state index contributed by atoms with van der Waals surface area (Å²) in [4.78, 5) is 11.3. The lowest BCUT2D eigenvalue weighted by Gasteiger charge is -2.25. The highest BCUT2D eigenvalue weighted by atomic mass is 16.1. The van der Waals surface area contributed by atoms with Gasteiger partial charge in [0.05, 0.1) is 0 Å². The Morgan fingerprint density at radius 1 is 1.23 bits per heavy atom. The van der Waals surface area contributed by atoms with E-state index in [0.717, 1.165) is 12.8 Å². The van der Waals surface area contributed by atoms with E-state index in [0.29, 0.717) is 5.92 Å². The molecule has 1 nitrogen and oxygen atoms in total. The molecule has 0 aromatic carbocycles. The highest BCUT2D eigenvalue weighted by molar-refractivity contribution is 5.99. The normalized spacial score (nSPS) is 35.2. The zero-order chi connectivity index (χ0) is 9.10. The van der Waals surface area contributed by atoms with Crippen molar-refractivity contribution in [2.75, 3.05) is 0 Å². The monoisotopic (exact) mass is 176 g/mol. The summed E-state index contributed by atoms with van der Waals surface area (Å²) in [5.41, 5.74) is 1.42. The zero-order valence-corrected chi connectivity index (χ0v) is 7.96. The van der Waals surface area contributed by atoms with Crippen LogP contribution < -0.4 is 0 Å². The van der Waals surface area contributed by atoms with Crippen LogP contribution in [0, 0.1) is 5.92 Å². The predicted octanol–water partition coefficient (Wildman–Crippen LogP) is 3.02. The second kappa shape index (κ2) is 3.91. The average molecular weight is 176 g/mol. The van der Waals surface area contributed by atoms with Crippen molar-refractivity contribution in [3.8, 4) is 0 Å². The molecule has 0 amide bonds. The molecule has 0 aromatic rings. The van der Waals surface area contributed by atoms with Crippen molar-refractivity contribution in [1.29, 1.82) is 0 Å². The maximum absolute atomic E-state index is 11.3. The Hall–Kier alpha value is -0.850. The largest absolute Gasteiger partial charge is 0.290 e. The van der Waals surface area contributed by atoms with Gasteiger partial charge in [-0.1, -0.05) is 18.1 Å². The number of fused-ring (bicyclic) bond motifs is 1. The highest BCUT2D eigenvalue weighted by Crippen LogP contribution is 2.33. The van der Waals surface area contributed by atoms with Gasteiger partial charge in [-0.2, -0.15) is 0 Å². The van der Waals surface area contributed by atoms with Crippen LogP contribution in [0.25, 0.3) is 0 Å². The van der Waals surface area contributed by atoms with Gasteiger partial charge in [0.2, 0.25) is 0 Å². The van der Waals surface area contributed by atoms with Gasteiger partial charge in [-0.05, 0) is 50.2 Å². The molecule has 0 aliphatic heterocycles. The molecular formula is C12H16O. The summed E-state index contributed by atoms with van der Waals surface area (Å²) in [6.45, 7) is 0. The number of hydrogen-bond donors (Lipinski definition) is 0. The lowest BCUT2D eigenvalue weighted by atomic mass is 9.80. The molecule has 2 aliphatic rings. The highest BCUT2D eigenvalue weighted by Gasteiger charge is 2.19. The smallest absolute Gasteiger partial charge is 0.178 e. The Kier molecular flexibility index (Phi) is 2.62. The summed E-state index contributed by atoms with van der Waals surface area (Å²) >= 11 is 0. The third-order valence-corrected chi connectivity index (χ3v) is 3.08. The van der Waals surface area contributed by atoms with Crippen LogP contribution in [0.4, 0.5) is 0 Å². The Balaban J connectivity index is 2.18. The third-order valence-electron chi connectivity index (χ3n) is 3.08. The first-order valence-electron chi connectivity index (χ1n) is 5.27. The molecule has 1 saturated carbocycles. The van der Waals surface area contributed by atoms with Crippen LogP contribution in [0.1, 0.15) is 38.5 Å². The first-order valence-corrected chi connectivity index (χ1v) is 5.27. The van der Waals surface area contributed by atoms with Crippen molar-refractivity contribution in [3.05, 3.63) is 23.8 Å². The van der Waals surface area contributed by atoms with Crippen molar-refractivity contribution in [2.24, 2.45) is 5.92 Å². The van der Waals surface area contributed by atoms with Crippen LogP contribution in [0.5, 0.6) is 0 Å². The van der Waals surface area contributed by atoms with Gasteiger partial charge >= 0.3 is 0 Å². The molecule has 0 heterocycles. The van der Waals surface area contributed by atoms with E-state index >= 15 is 0 Å². The van der Waals surface area contributed by atoms with Gasteiger partial charge in [-0.3, -0.25) is 4.79 Å². The number of hydrogen-bond acceptors (Lipinski definition) is 1. The molecule has 1 fully saturated rings. The van der Waals surface area contributed by atoms with E-state index < -0.39 is 0 Å². The fourth-order valence-corrected chi connectivity index (χ4v) is 2.36. The van der Waals surface area contributed by atoms with Gasteiger partial charge in [0.25, 0.3) is 0 Å². The van der Waals surface area contributed by atoms with Gasteiger partial charge in [0.1, 0.15) is 0 Å². The van der Waals surface area contributed by atoms with Gasteiger partial charge in [0, 0.05) is 0 Å². The standard InChI is InChI=1S/C12H16O/c13-12-8-4-3-6-10-5-1-2-7-11(10)9-12/h4,8-10H,1-3,5-7H2/b8-4-,11-9-. The maximum Gasteiger partial charge on any atom is 0.178 e. The van der Waals surface area contributed by atoms with Gasteiger partial charge in [-0.25, -0.2) is 0 Å². The lowest BCUT2D eigenvalue weighted by Crippen LogP contribution is -2.12. The molecule has 13 heavy (non-hydrogen) atoms. The lowest BCUT2D eigenvalue weighted by molar-refractivity contribution is -0.110. The van der Waals surface area contributed by atoms with Crippen LogP contribution in [0.2, 0.25) is 0 Å². The molecule has 1 heteroatoms. The second-order valence-corrected chi connectivity index (χ2v) is 4.04. The Morgan fingerprint density at radius 2 is 2.15 bits per heavy atom. The van der Waals surface area contributed by atoms with Crippen LogP contribution >= 0.6 is 0 Å². The summed E-state index contributed by atoms with van der Waals surface area (Å²) < 4.78 is 0. The third kappa shape index (κ3) is 2.09. The minimum Gasteiger partial charge on any atom is -0.290 e. The van der Waals surface area contributed by atoms with Gasteiger partial charge in [0.15, 0.2) is 5.78 Å². The van der Waals surface area contributed by atoms with E-state index in [9.17, 15) is 4.79 Å². The predicted molar refractivity (Wildman–Crippen MR) is 53.4 cm³/mol. The Labute approximate surface area is 79.5 Å². The molecule has 0 spiro atoms. The van der Waals surface area contributed by atoms with E-state index in [2.05, 4.69) is 0 Å². The minimum absolute atomic E-state index is 0.196. The van der Waals surface area contributed by atoms with Crippen LogP contribution in [-0.2, 0) is 4.79 Å². The van der Waals surface area contributed by atoms with E-state index in [-0.39, 0.29) is 5.78 Å². The zero-order valence-electron chi connectivity index (χ0n) is 7.96. The van der Waals surface area contributed by atoms with E-state index in [1.165, 1.54) is 31.3 Å². The quantitative estimate of drug-likeness (QED) is 0.554. The molecule has 70 valence electrons. The molecule has 0 saturated heterocycles. The number of ketones is 1. The molecule has 0 aromatic heterocycles. The second-order valence-electron chi connectivity index (χ2n) is 4.04. The van der Waals surface area contributed by atoms with E-state index in [1.807, 2.05) is 12.2 Å². The van der Waals surface area contributed by atoms with Crippen LogP contribution in [0.15, 0.2) is 23.8 Å². The summed E-state index contributed by atoms with van der Waals surface area (Å²) in [5.74, 6) is 0.907. The SMILES string of the molecule is O=C1/C=C\CCC2CCCC/C2=C/1. The number of allylic oxidation sites excluding steroid dienone is 4. The number of carbonyl (C=O) groups excluding carboxylic acids is 1. The van der Waals surface area contributed by atoms with Crippen molar-refractivity contribution < 1.29 is 4.79 Å². The number of carbonyl (C=O) groups is 1. The summed E-state index contributed by atoms with van der Waals surface area (Å²) in [5, 5.41) is 0. The minimum atomic E-state index is 0.196. The topological polar surface area (TPSA) is 17.1 Å². The van der Waals surface area contributed by atoms with Crippen LogP contribution in [0.3, 0.4) is 0 Å². The molecule has 0 radical (unpaired) electrons. The van der Waals surface area contributed by atoms with Crippen molar-refractivity contribution in [2.45, 2.75) is 38.5 Å². The van der Waals surface area contributed by atoms with Crippen molar-refractivity contribution in [3.63, 3.8) is 0 Å². The first kappa shape index (κ1) is 8.74.